The van der Waals surface area contributed by atoms with Gasteiger partial charge in [-0.3, -0.25) is 4.79 Å². The summed E-state index contributed by atoms with van der Waals surface area (Å²) < 4.78 is 25.0. The maximum Gasteiger partial charge on any atom is 0.255 e. The molecule has 0 saturated carbocycles. The highest BCUT2D eigenvalue weighted by Gasteiger charge is 2.31. The first kappa shape index (κ1) is 20.8. The van der Waals surface area contributed by atoms with Crippen LogP contribution in [0.3, 0.4) is 0 Å². The van der Waals surface area contributed by atoms with Gasteiger partial charge in [0.2, 0.25) is 0 Å². The van der Waals surface area contributed by atoms with Gasteiger partial charge in [0.25, 0.3) is 5.91 Å². The molecule has 3 aromatic carbocycles. The minimum atomic E-state index is -0.325. The second-order valence-corrected chi connectivity index (χ2v) is 8.74. The molecule has 1 aliphatic heterocycles. The number of halogens is 2. The van der Waals surface area contributed by atoms with Crippen LogP contribution in [-0.4, -0.2) is 30.2 Å². The highest BCUT2D eigenvalue weighted by molar-refractivity contribution is 9.10. The van der Waals surface area contributed by atoms with Crippen LogP contribution in [-0.2, 0) is 0 Å². The lowest BCUT2D eigenvalue weighted by Gasteiger charge is -2.25. The average molecular weight is 488 g/mol. The number of carbonyl (C=O) groups is 1. The molecule has 0 aromatic heterocycles. The molecular formula is C23H19BrFNO3S. The molecule has 1 saturated heterocycles. The van der Waals surface area contributed by atoms with E-state index >= 15 is 0 Å². The maximum atomic E-state index is 13.3. The van der Waals surface area contributed by atoms with E-state index in [0.717, 1.165) is 21.5 Å². The summed E-state index contributed by atoms with van der Waals surface area (Å²) in [4.78, 5) is 15.1. The SMILES string of the molecule is COc1ccc(C2SCCN2C(=O)c2cccc(Oc3ccc(F)cc3)c2)cc1Br. The Kier molecular flexibility index (Phi) is 6.29. The third-order valence-electron chi connectivity index (χ3n) is 4.74. The van der Waals surface area contributed by atoms with Gasteiger partial charge in [-0.25, -0.2) is 4.39 Å². The molecule has 7 heteroatoms. The standard InChI is InChI=1S/C23H19BrFNO3S/c1-28-21-10-5-16(14-20(21)24)23-26(11-12-30-23)22(27)15-3-2-4-19(13-15)29-18-8-6-17(25)7-9-18/h2-10,13-14,23H,11-12H2,1H3. The van der Waals surface area contributed by atoms with Crippen LogP contribution in [0.5, 0.6) is 17.2 Å². The second-order valence-electron chi connectivity index (χ2n) is 6.70. The number of rotatable bonds is 5. The first-order valence-electron chi connectivity index (χ1n) is 9.34. The first-order valence-corrected chi connectivity index (χ1v) is 11.2. The van der Waals surface area contributed by atoms with E-state index in [9.17, 15) is 9.18 Å². The molecule has 1 atom stereocenters. The summed E-state index contributed by atoms with van der Waals surface area (Å²) in [6, 6.07) is 18.7. The molecule has 0 N–H and O–H groups in total. The van der Waals surface area contributed by atoms with Crippen LogP contribution in [0.2, 0.25) is 0 Å². The Hall–Kier alpha value is -2.51. The van der Waals surface area contributed by atoms with E-state index in [-0.39, 0.29) is 17.1 Å². The van der Waals surface area contributed by atoms with Crippen molar-refractivity contribution in [2.24, 2.45) is 0 Å². The molecule has 0 aliphatic carbocycles. The zero-order chi connectivity index (χ0) is 21.1. The summed E-state index contributed by atoms with van der Waals surface area (Å²) in [5.74, 6) is 2.29. The van der Waals surface area contributed by atoms with Crippen LogP contribution in [0.15, 0.2) is 71.2 Å². The summed E-state index contributed by atoms with van der Waals surface area (Å²) in [7, 11) is 1.63. The topological polar surface area (TPSA) is 38.8 Å². The molecule has 30 heavy (non-hydrogen) atoms. The molecule has 154 valence electrons. The molecule has 1 fully saturated rings. The molecular weight excluding hydrogens is 469 g/mol. The number of amides is 1. The van der Waals surface area contributed by atoms with E-state index in [0.29, 0.717) is 23.6 Å². The lowest BCUT2D eigenvalue weighted by atomic mass is 10.1. The van der Waals surface area contributed by atoms with Crippen molar-refractivity contribution >= 4 is 33.6 Å². The van der Waals surface area contributed by atoms with Gasteiger partial charge in [-0.15, -0.1) is 11.8 Å². The fourth-order valence-electron chi connectivity index (χ4n) is 3.29. The molecule has 4 nitrogen and oxygen atoms in total. The Morgan fingerprint density at radius 3 is 2.63 bits per heavy atom. The van der Waals surface area contributed by atoms with Crippen LogP contribution < -0.4 is 9.47 Å². The third kappa shape index (κ3) is 4.47. The van der Waals surface area contributed by atoms with Gasteiger partial charge in [0.05, 0.1) is 11.6 Å². The van der Waals surface area contributed by atoms with Gasteiger partial charge in [0.1, 0.15) is 28.4 Å². The van der Waals surface area contributed by atoms with E-state index in [2.05, 4.69) is 15.9 Å². The molecule has 1 amide bonds. The van der Waals surface area contributed by atoms with Crippen molar-refractivity contribution in [2.45, 2.75) is 5.37 Å². The highest BCUT2D eigenvalue weighted by atomic mass is 79.9. The predicted octanol–water partition coefficient (Wildman–Crippen LogP) is 6.28. The number of ether oxygens (including phenoxy) is 2. The maximum absolute atomic E-state index is 13.3. The van der Waals surface area contributed by atoms with Gasteiger partial charge in [-0.1, -0.05) is 12.1 Å². The van der Waals surface area contributed by atoms with E-state index in [1.165, 1.54) is 12.1 Å². The van der Waals surface area contributed by atoms with Crippen LogP contribution in [0, 0.1) is 5.82 Å². The molecule has 0 bridgehead atoms. The van der Waals surface area contributed by atoms with Crippen molar-refractivity contribution in [3.8, 4) is 17.2 Å². The zero-order valence-corrected chi connectivity index (χ0v) is 18.6. The Labute approximate surface area is 187 Å². The summed E-state index contributed by atoms with van der Waals surface area (Å²) in [6.45, 7) is 0.668. The molecule has 1 heterocycles. The Morgan fingerprint density at radius 2 is 1.90 bits per heavy atom. The smallest absolute Gasteiger partial charge is 0.255 e. The molecule has 1 aliphatic rings. The van der Waals surface area contributed by atoms with Crippen LogP contribution in [0.1, 0.15) is 21.3 Å². The summed E-state index contributed by atoms with van der Waals surface area (Å²) in [5.41, 5.74) is 1.59. The molecule has 1 unspecified atom stereocenters. The van der Waals surface area contributed by atoms with Gasteiger partial charge >= 0.3 is 0 Å². The number of methoxy groups -OCH3 is 1. The molecule has 0 spiro atoms. The minimum Gasteiger partial charge on any atom is -0.496 e. The number of nitrogens with zero attached hydrogens (tertiary/aromatic N) is 1. The quantitative estimate of drug-likeness (QED) is 0.424. The van der Waals surface area contributed by atoms with Crippen LogP contribution in [0.4, 0.5) is 4.39 Å². The van der Waals surface area contributed by atoms with Crippen molar-refractivity contribution in [2.75, 3.05) is 19.4 Å². The third-order valence-corrected chi connectivity index (χ3v) is 6.62. The van der Waals surface area contributed by atoms with Crippen molar-refractivity contribution in [3.63, 3.8) is 0 Å². The number of thioether (sulfide) groups is 1. The van der Waals surface area contributed by atoms with E-state index in [1.54, 1.807) is 55.3 Å². The summed E-state index contributed by atoms with van der Waals surface area (Å²) in [6.07, 6.45) is 0. The monoisotopic (exact) mass is 487 g/mol. The van der Waals surface area contributed by atoms with Crippen molar-refractivity contribution < 1.29 is 18.7 Å². The predicted molar refractivity (Wildman–Crippen MR) is 120 cm³/mol. The van der Waals surface area contributed by atoms with E-state index < -0.39 is 0 Å². The number of carbonyl (C=O) groups excluding carboxylic acids is 1. The largest absolute Gasteiger partial charge is 0.496 e. The zero-order valence-electron chi connectivity index (χ0n) is 16.2. The Bertz CT molecular complexity index is 1060. The number of benzene rings is 3. The first-order chi connectivity index (χ1) is 14.5. The minimum absolute atomic E-state index is 0.0542. The molecule has 0 radical (unpaired) electrons. The van der Waals surface area contributed by atoms with Crippen molar-refractivity contribution in [1.29, 1.82) is 0 Å². The van der Waals surface area contributed by atoms with Crippen LogP contribution in [0.25, 0.3) is 0 Å². The second kappa shape index (κ2) is 9.10. The lowest BCUT2D eigenvalue weighted by Crippen LogP contribution is -2.30. The summed E-state index contributed by atoms with van der Waals surface area (Å²) in [5, 5.41) is -0.0682. The Balaban J connectivity index is 1.54. The molecule has 4 rings (SSSR count). The normalized spacial score (nSPS) is 15.8. The fourth-order valence-corrected chi connectivity index (χ4v) is 5.09. The lowest BCUT2D eigenvalue weighted by molar-refractivity contribution is 0.0760. The number of hydrogen-bond donors (Lipinski definition) is 0. The van der Waals surface area contributed by atoms with Gasteiger partial charge in [0, 0.05) is 17.9 Å². The van der Waals surface area contributed by atoms with Gasteiger partial charge in [-0.2, -0.15) is 0 Å². The van der Waals surface area contributed by atoms with Crippen molar-refractivity contribution in [3.05, 3.63) is 88.1 Å². The number of hydrogen-bond acceptors (Lipinski definition) is 4. The van der Waals surface area contributed by atoms with Gasteiger partial charge in [0.15, 0.2) is 0 Å². The summed E-state index contributed by atoms with van der Waals surface area (Å²) >= 11 is 5.26. The van der Waals surface area contributed by atoms with Crippen LogP contribution >= 0.6 is 27.7 Å². The molecule has 3 aromatic rings. The van der Waals surface area contributed by atoms with Crippen molar-refractivity contribution in [1.82, 2.24) is 4.90 Å². The van der Waals surface area contributed by atoms with Gasteiger partial charge in [-0.05, 0) is 76.1 Å². The highest BCUT2D eigenvalue weighted by Crippen LogP contribution is 2.41. The average Bonchev–Trinajstić information content (AvgIpc) is 3.25. The Morgan fingerprint density at radius 1 is 1.10 bits per heavy atom. The van der Waals surface area contributed by atoms with E-state index in [1.807, 2.05) is 23.1 Å². The van der Waals surface area contributed by atoms with Gasteiger partial charge < -0.3 is 14.4 Å². The fraction of sp³-hybridized carbons (Fsp3) is 0.174. The van der Waals surface area contributed by atoms with E-state index in [4.69, 9.17) is 9.47 Å².